The first-order chi connectivity index (χ1) is 7.37. The molecule has 0 aromatic heterocycles. The van der Waals surface area contributed by atoms with E-state index >= 15 is 0 Å². The van der Waals surface area contributed by atoms with Crippen LogP contribution in [0.1, 0.15) is 47.0 Å². The number of hydrogen-bond acceptors (Lipinski definition) is 2. The largest absolute Gasteiger partial charge is 0.480 e. The Morgan fingerprint density at radius 1 is 1.50 bits per heavy atom. The number of hydrogen-bond donors (Lipinski definition) is 1. The highest BCUT2D eigenvalue weighted by Crippen LogP contribution is 2.46. The summed E-state index contributed by atoms with van der Waals surface area (Å²) in [5.74, 6) is -0.181. The van der Waals surface area contributed by atoms with E-state index in [0.29, 0.717) is 5.92 Å². The summed E-state index contributed by atoms with van der Waals surface area (Å²) in [4.78, 5) is 11.0. The van der Waals surface area contributed by atoms with Crippen LogP contribution in [0.2, 0.25) is 0 Å². The molecule has 92 valence electrons. The Kier molecular flexibility index (Phi) is 4.48. The van der Waals surface area contributed by atoms with Crippen molar-refractivity contribution < 1.29 is 9.90 Å². The predicted molar refractivity (Wildman–Crippen MR) is 69.9 cm³/mol. The lowest BCUT2D eigenvalue weighted by atomic mass is 9.81. The fraction of sp³-hybridized carbons (Fsp3) is 0.769. The Balaban J connectivity index is 2.79. The Hall–Kier alpha value is -0.440. The van der Waals surface area contributed by atoms with Crippen LogP contribution in [0.3, 0.4) is 0 Å². The van der Waals surface area contributed by atoms with Gasteiger partial charge in [0.05, 0.1) is 5.25 Å². The summed E-state index contributed by atoms with van der Waals surface area (Å²) in [7, 11) is 0. The fourth-order valence-corrected chi connectivity index (χ4v) is 3.61. The molecular weight excluding hydrogens is 220 g/mol. The SMILES string of the molecule is CC1=CCC(SC(C)C(=O)O)(C(C)C)CC1. The van der Waals surface area contributed by atoms with Crippen LogP contribution >= 0.6 is 11.8 Å². The summed E-state index contributed by atoms with van der Waals surface area (Å²) in [5.41, 5.74) is 1.44. The van der Waals surface area contributed by atoms with Gasteiger partial charge < -0.3 is 5.11 Å². The molecule has 1 N–H and O–H groups in total. The van der Waals surface area contributed by atoms with E-state index in [1.54, 1.807) is 18.7 Å². The molecular formula is C13H22O2S. The van der Waals surface area contributed by atoms with E-state index in [1.165, 1.54) is 5.57 Å². The van der Waals surface area contributed by atoms with Crippen molar-refractivity contribution >= 4 is 17.7 Å². The van der Waals surface area contributed by atoms with Gasteiger partial charge in [-0.3, -0.25) is 4.79 Å². The molecule has 0 aromatic carbocycles. The van der Waals surface area contributed by atoms with Crippen molar-refractivity contribution in [2.45, 2.75) is 57.0 Å². The maximum absolute atomic E-state index is 11.0. The molecule has 2 atom stereocenters. The maximum Gasteiger partial charge on any atom is 0.316 e. The van der Waals surface area contributed by atoms with Crippen LogP contribution < -0.4 is 0 Å². The molecule has 0 aromatic rings. The van der Waals surface area contributed by atoms with Gasteiger partial charge in [-0.05, 0) is 39.0 Å². The van der Waals surface area contributed by atoms with E-state index in [4.69, 9.17) is 5.11 Å². The van der Waals surface area contributed by atoms with Gasteiger partial charge in [0.2, 0.25) is 0 Å². The van der Waals surface area contributed by atoms with Gasteiger partial charge in [-0.25, -0.2) is 0 Å². The van der Waals surface area contributed by atoms with Crippen LogP contribution in [0, 0.1) is 5.92 Å². The van der Waals surface area contributed by atoms with E-state index in [9.17, 15) is 4.79 Å². The van der Waals surface area contributed by atoms with E-state index in [1.807, 2.05) is 0 Å². The van der Waals surface area contributed by atoms with Gasteiger partial charge in [0, 0.05) is 4.75 Å². The van der Waals surface area contributed by atoms with Crippen molar-refractivity contribution in [1.82, 2.24) is 0 Å². The predicted octanol–water partition coefficient (Wildman–Crippen LogP) is 3.72. The lowest BCUT2D eigenvalue weighted by molar-refractivity contribution is -0.136. The molecule has 16 heavy (non-hydrogen) atoms. The number of aliphatic carboxylic acids is 1. The van der Waals surface area contributed by atoms with Crippen LogP contribution in [0.4, 0.5) is 0 Å². The van der Waals surface area contributed by atoms with Gasteiger partial charge in [0.25, 0.3) is 0 Å². The van der Waals surface area contributed by atoms with Crippen molar-refractivity contribution in [3.05, 3.63) is 11.6 Å². The monoisotopic (exact) mass is 242 g/mol. The van der Waals surface area contributed by atoms with Gasteiger partial charge in [-0.2, -0.15) is 0 Å². The molecule has 0 fully saturated rings. The normalized spacial score (nSPS) is 27.7. The average molecular weight is 242 g/mol. The van der Waals surface area contributed by atoms with Crippen LogP contribution in [0.5, 0.6) is 0 Å². The zero-order valence-electron chi connectivity index (χ0n) is 10.6. The van der Waals surface area contributed by atoms with Crippen LogP contribution in [0.15, 0.2) is 11.6 Å². The molecule has 1 rings (SSSR count). The number of rotatable bonds is 4. The van der Waals surface area contributed by atoms with E-state index in [2.05, 4.69) is 26.8 Å². The van der Waals surface area contributed by atoms with Gasteiger partial charge >= 0.3 is 5.97 Å². The third kappa shape index (κ3) is 3.03. The molecule has 1 aliphatic rings. The van der Waals surface area contributed by atoms with E-state index in [0.717, 1.165) is 19.3 Å². The highest BCUT2D eigenvalue weighted by Gasteiger charge is 2.38. The van der Waals surface area contributed by atoms with Gasteiger partial charge in [-0.15, -0.1) is 11.8 Å². The molecule has 2 unspecified atom stereocenters. The Bertz CT molecular complexity index is 296. The summed E-state index contributed by atoms with van der Waals surface area (Å²) >= 11 is 1.64. The standard InChI is InChI=1S/C13H22O2S/c1-9(2)13(16-11(4)12(14)15)7-5-10(3)6-8-13/h5,9,11H,6-8H2,1-4H3,(H,14,15). The van der Waals surface area contributed by atoms with Crippen molar-refractivity contribution in [3.8, 4) is 0 Å². The first kappa shape index (κ1) is 13.6. The average Bonchev–Trinajstić information content (AvgIpc) is 2.21. The zero-order valence-corrected chi connectivity index (χ0v) is 11.4. The first-order valence-corrected chi connectivity index (χ1v) is 6.81. The summed E-state index contributed by atoms with van der Waals surface area (Å²) in [5, 5.41) is 8.71. The van der Waals surface area contributed by atoms with E-state index < -0.39 is 5.97 Å². The third-order valence-electron chi connectivity index (χ3n) is 3.55. The Morgan fingerprint density at radius 2 is 2.12 bits per heavy atom. The summed E-state index contributed by atoms with van der Waals surface area (Å²) in [6.45, 7) is 8.37. The molecule has 3 heteroatoms. The van der Waals surface area contributed by atoms with Crippen LogP contribution in [0.25, 0.3) is 0 Å². The third-order valence-corrected chi connectivity index (χ3v) is 5.42. The maximum atomic E-state index is 11.0. The lowest BCUT2D eigenvalue weighted by Gasteiger charge is -2.40. The minimum Gasteiger partial charge on any atom is -0.480 e. The second kappa shape index (κ2) is 5.26. The van der Waals surface area contributed by atoms with Crippen LogP contribution in [-0.4, -0.2) is 21.1 Å². The van der Waals surface area contributed by atoms with Gasteiger partial charge in [0.1, 0.15) is 0 Å². The second-order valence-corrected chi connectivity index (χ2v) is 6.83. The minimum absolute atomic E-state index is 0.122. The topological polar surface area (TPSA) is 37.3 Å². The molecule has 0 amide bonds. The number of carboxylic acids is 1. The molecule has 0 saturated carbocycles. The molecule has 0 radical (unpaired) electrons. The highest BCUT2D eigenvalue weighted by molar-refractivity contribution is 8.01. The molecule has 0 saturated heterocycles. The molecule has 0 bridgehead atoms. The van der Waals surface area contributed by atoms with Gasteiger partial charge in [-0.1, -0.05) is 25.5 Å². The van der Waals surface area contributed by atoms with Crippen molar-refractivity contribution in [2.75, 3.05) is 0 Å². The smallest absolute Gasteiger partial charge is 0.316 e. The van der Waals surface area contributed by atoms with E-state index in [-0.39, 0.29) is 10.00 Å². The number of thioether (sulfide) groups is 1. The quantitative estimate of drug-likeness (QED) is 0.763. The molecule has 0 heterocycles. The first-order valence-electron chi connectivity index (χ1n) is 5.93. The molecule has 0 aliphatic heterocycles. The molecule has 2 nitrogen and oxygen atoms in total. The summed E-state index contributed by atoms with van der Waals surface area (Å²) < 4.78 is 0.122. The van der Waals surface area contributed by atoms with Crippen molar-refractivity contribution in [2.24, 2.45) is 5.92 Å². The number of allylic oxidation sites excluding steroid dienone is 2. The molecule has 0 spiro atoms. The van der Waals surface area contributed by atoms with Crippen molar-refractivity contribution in [3.63, 3.8) is 0 Å². The second-order valence-electron chi connectivity index (χ2n) is 5.07. The Morgan fingerprint density at radius 3 is 2.50 bits per heavy atom. The highest BCUT2D eigenvalue weighted by atomic mass is 32.2. The number of carbonyl (C=O) groups is 1. The summed E-state index contributed by atoms with van der Waals surface area (Å²) in [6, 6.07) is 0. The molecule has 1 aliphatic carbocycles. The lowest BCUT2D eigenvalue weighted by Crippen LogP contribution is -2.36. The zero-order chi connectivity index (χ0) is 12.3. The van der Waals surface area contributed by atoms with Crippen LogP contribution in [-0.2, 0) is 4.79 Å². The van der Waals surface area contributed by atoms with Crippen molar-refractivity contribution in [1.29, 1.82) is 0 Å². The Labute approximate surface area is 103 Å². The number of carboxylic acid groups (broad SMARTS) is 1. The fourth-order valence-electron chi connectivity index (χ4n) is 2.13. The summed E-state index contributed by atoms with van der Waals surface area (Å²) in [6.07, 6.45) is 5.51. The minimum atomic E-state index is -0.698. The van der Waals surface area contributed by atoms with Gasteiger partial charge in [0.15, 0.2) is 0 Å².